The molecule has 5 heteroatoms. The number of rotatable bonds is 4. The molecule has 0 aliphatic heterocycles. The Balaban J connectivity index is 2.50. The zero-order chi connectivity index (χ0) is 14.0. The van der Waals surface area contributed by atoms with Crippen molar-refractivity contribution in [2.45, 2.75) is 27.2 Å². The third kappa shape index (κ3) is 3.26. The molecule has 0 aromatic carbocycles. The minimum Gasteiger partial charge on any atom is -0.458 e. The first-order valence-corrected chi connectivity index (χ1v) is 7.40. The monoisotopic (exact) mass is 371 g/mol. The minimum atomic E-state index is 0.555. The molecule has 0 bridgehead atoms. The Morgan fingerprint density at radius 2 is 2.05 bits per heavy atom. The molecule has 0 spiro atoms. The maximum Gasteiger partial charge on any atom is 0.197 e. The van der Waals surface area contributed by atoms with Crippen molar-refractivity contribution in [3.8, 4) is 11.6 Å². The van der Waals surface area contributed by atoms with Gasteiger partial charge in [0.15, 0.2) is 11.6 Å². The van der Waals surface area contributed by atoms with Gasteiger partial charge < -0.3 is 9.73 Å². The zero-order valence-corrected chi connectivity index (χ0v) is 13.8. The number of aryl methyl sites for hydroxylation is 1. The van der Waals surface area contributed by atoms with Crippen molar-refractivity contribution in [3.63, 3.8) is 0 Å². The van der Waals surface area contributed by atoms with Crippen LogP contribution in [0.5, 0.6) is 0 Å². The largest absolute Gasteiger partial charge is 0.458 e. The molecular weight excluding hydrogens is 353 g/mol. The van der Waals surface area contributed by atoms with Crippen LogP contribution >= 0.6 is 22.6 Å². The Bertz CT molecular complexity index is 578. The normalized spacial score (nSPS) is 11.1. The summed E-state index contributed by atoms with van der Waals surface area (Å²) in [5.41, 5.74) is 1.07. The van der Waals surface area contributed by atoms with Crippen LogP contribution in [0.3, 0.4) is 0 Å². The van der Waals surface area contributed by atoms with E-state index in [-0.39, 0.29) is 0 Å². The predicted octanol–water partition coefficient (Wildman–Crippen LogP) is 3.89. The van der Waals surface area contributed by atoms with Gasteiger partial charge in [0.25, 0.3) is 0 Å². The van der Waals surface area contributed by atoms with Crippen molar-refractivity contribution in [3.05, 3.63) is 27.2 Å². The van der Waals surface area contributed by atoms with Crippen LogP contribution in [0.2, 0.25) is 0 Å². The SMILES string of the molecule is CNc1nc(-c2ccc(C)o2)nc(CC(C)C)c1I. The lowest BCUT2D eigenvalue weighted by Crippen LogP contribution is -2.07. The molecule has 0 aliphatic rings. The number of nitrogens with one attached hydrogen (secondary N) is 1. The second kappa shape index (κ2) is 5.90. The number of aromatic nitrogens is 2. The highest BCUT2D eigenvalue weighted by Crippen LogP contribution is 2.26. The van der Waals surface area contributed by atoms with Gasteiger partial charge in [-0.25, -0.2) is 9.97 Å². The lowest BCUT2D eigenvalue weighted by Gasteiger charge is -2.11. The van der Waals surface area contributed by atoms with Crippen LogP contribution in [-0.2, 0) is 6.42 Å². The number of hydrogen-bond acceptors (Lipinski definition) is 4. The van der Waals surface area contributed by atoms with Crippen LogP contribution in [0.4, 0.5) is 5.82 Å². The van der Waals surface area contributed by atoms with Crippen molar-refractivity contribution < 1.29 is 4.42 Å². The van der Waals surface area contributed by atoms with E-state index in [2.05, 4.69) is 51.7 Å². The van der Waals surface area contributed by atoms with Gasteiger partial charge >= 0.3 is 0 Å². The third-order valence-electron chi connectivity index (χ3n) is 2.72. The van der Waals surface area contributed by atoms with E-state index in [1.54, 1.807) is 0 Å². The van der Waals surface area contributed by atoms with Gasteiger partial charge in [0.1, 0.15) is 11.6 Å². The molecule has 2 rings (SSSR count). The van der Waals surface area contributed by atoms with E-state index in [0.29, 0.717) is 11.7 Å². The maximum atomic E-state index is 5.61. The lowest BCUT2D eigenvalue weighted by atomic mass is 10.1. The topological polar surface area (TPSA) is 51.0 Å². The fourth-order valence-electron chi connectivity index (χ4n) is 1.85. The highest BCUT2D eigenvalue weighted by molar-refractivity contribution is 14.1. The van der Waals surface area contributed by atoms with Crippen molar-refractivity contribution in [2.24, 2.45) is 5.92 Å². The van der Waals surface area contributed by atoms with E-state index in [0.717, 1.165) is 33.0 Å². The summed E-state index contributed by atoms with van der Waals surface area (Å²) in [5.74, 6) is 3.65. The quantitative estimate of drug-likeness (QED) is 0.829. The van der Waals surface area contributed by atoms with Gasteiger partial charge in [-0.3, -0.25) is 0 Å². The van der Waals surface area contributed by atoms with E-state index < -0.39 is 0 Å². The summed E-state index contributed by atoms with van der Waals surface area (Å²) < 4.78 is 6.70. The summed E-state index contributed by atoms with van der Waals surface area (Å²) in [7, 11) is 1.88. The Morgan fingerprint density at radius 1 is 1.32 bits per heavy atom. The fraction of sp³-hybridized carbons (Fsp3) is 0.429. The van der Waals surface area contributed by atoms with Crippen LogP contribution < -0.4 is 5.32 Å². The highest BCUT2D eigenvalue weighted by atomic mass is 127. The second-order valence-electron chi connectivity index (χ2n) is 4.91. The van der Waals surface area contributed by atoms with Gasteiger partial charge in [-0.15, -0.1) is 0 Å². The summed E-state index contributed by atoms with van der Waals surface area (Å²) in [6.07, 6.45) is 0.933. The molecule has 0 fully saturated rings. The summed E-state index contributed by atoms with van der Waals surface area (Å²) in [4.78, 5) is 9.17. The van der Waals surface area contributed by atoms with E-state index in [1.165, 1.54) is 0 Å². The van der Waals surface area contributed by atoms with Crippen molar-refractivity contribution in [1.29, 1.82) is 0 Å². The second-order valence-corrected chi connectivity index (χ2v) is 5.99. The Labute approximate surface area is 127 Å². The lowest BCUT2D eigenvalue weighted by molar-refractivity contribution is 0.543. The van der Waals surface area contributed by atoms with Crippen LogP contribution in [0.1, 0.15) is 25.3 Å². The molecule has 0 unspecified atom stereocenters. The predicted molar refractivity (Wildman–Crippen MR) is 85.3 cm³/mol. The van der Waals surface area contributed by atoms with Crippen molar-refractivity contribution in [1.82, 2.24) is 9.97 Å². The molecule has 2 aromatic heterocycles. The Hall–Kier alpha value is -1.11. The average molecular weight is 371 g/mol. The molecule has 2 aromatic rings. The van der Waals surface area contributed by atoms with E-state index in [9.17, 15) is 0 Å². The number of hydrogen-bond donors (Lipinski definition) is 1. The molecule has 1 N–H and O–H groups in total. The Morgan fingerprint density at radius 3 is 2.58 bits per heavy atom. The first kappa shape index (κ1) is 14.3. The van der Waals surface area contributed by atoms with Crippen molar-refractivity contribution >= 4 is 28.4 Å². The smallest absolute Gasteiger partial charge is 0.197 e. The van der Waals surface area contributed by atoms with Gasteiger partial charge in [0.05, 0.1) is 9.26 Å². The fourth-order valence-corrected chi connectivity index (χ4v) is 2.58. The number of furan rings is 1. The van der Waals surface area contributed by atoms with Gasteiger partial charge in [-0.05, 0) is 54.0 Å². The van der Waals surface area contributed by atoms with E-state index in [1.807, 2.05) is 26.1 Å². The number of halogens is 1. The summed E-state index contributed by atoms with van der Waals surface area (Å²) in [6, 6.07) is 3.84. The maximum absolute atomic E-state index is 5.61. The molecule has 0 aliphatic carbocycles. The Kier molecular flexibility index (Phi) is 4.44. The summed E-state index contributed by atoms with van der Waals surface area (Å²) in [6.45, 7) is 6.30. The minimum absolute atomic E-state index is 0.555. The first-order chi connectivity index (χ1) is 9.01. The third-order valence-corrected chi connectivity index (χ3v) is 3.85. The molecule has 0 saturated carbocycles. The van der Waals surface area contributed by atoms with Crippen LogP contribution in [0, 0.1) is 16.4 Å². The molecule has 0 atom stereocenters. The molecule has 102 valence electrons. The van der Waals surface area contributed by atoms with E-state index >= 15 is 0 Å². The van der Waals surface area contributed by atoms with Gasteiger partial charge in [0, 0.05) is 7.05 Å². The summed E-state index contributed by atoms with van der Waals surface area (Å²) in [5, 5.41) is 3.13. The molecule has 19 heavy (non-hydrogen) atoms. The van der Waals surface area contributed by atoms with Gasteiger partial charge in [-0.2, -0.15) is 0 Å². The highest BCUT2D eigenvalue weighted by Gasteiger charge is 2.15. The molecule has 4 nitrogen and oxygen atoms in total. The first-order valence-electron chi connectivity index (χ1n) is 6.32. The molecule has 0 radical (unpaired) electrons. The van der Waals surface area contributed by atoms with Crippen LogP contribution in [0.15, 0.2) is 16.5 Å². The number of nitrogens with zero attached hydrogens (tertiary/aromatic N) is 2. The van der Waals surface area contributed by atoms with Crippen LogP contribution in [0.25, 0.3) is 11.6 Å². The molecule has 0 amide bonds. The average Bonchev–Trinajstić information content (AvgIpc) is 2.78. The standard InChI is InChI=1S/C14H18IN3O/c1-8(2)7-10-12(15)14(16-4)18-13(17-10)11-6-5-9(3)19-11/h5-6,8H,7H2,1-4H3,(H,16,17,18). The molecular formula is C14H18IN3O. The number of anilines is 1. The van der Waals surface area contributed by atoms with E-state index in [4.69, 9.17) is 4.42 Å². The van der Waals surface area contributed by atoms with Gasteiger partial charge in [-0.1, -0.05) is 13.8 Å². The molecule has 2 heterocycles. The van der Waals surface area contributed by atoms with Gasteiger partial charge in [0.2, 0.25) is 0 Å². The summed E-state index contributed by atoms with van der Waals surface area (Å²) >= 11 is 2.30. The zero-order valence-electron chi connectivity index (χ0n) is 11.6. The van der Waals surface area contributed by atoms with Crippen LogP contribution in [-0.4, -0.2) is 17.0 Å². The van der Waals surface area contributed by atoms with Crippen molar-refractivity contribution in [2.75, 3.05) is 12.4 Å². The molecule has 0 saturated heterocycles.